The van der Waals surface area contributed by atoms with Crippen LogP contribution in [0.15, 0.2) is 60.8 Å². The maximum atomic E-state index is 13.8. The number of fused-ring (bicyclic) bond motifs is 1. The van der Waals surface area contributed by atoms with Gasteiger partial charge in [0.1, 0.15) is 11.6 Å². The normalized spacial score (nSPS) is 16.8. The fourth-order valence-corrected chi connectivity index (χ4v) is 5.29. The van der Waals surface area contributed by atoms with Crippen LogP contribution in [0.1, 0.15) is 87.8 Å². The number of Topliss-reactive ketones (excluding diaryl/α,β-unsaturated/α-hetero) is 1. The van der Waals surface area contributed by atoms with E-state index >= 15 is 0 Å². The fraction of sp³-hybridized carbons (Fsp3) is 0.414. The smallest absolute Gasteiger partial charge is 0.308 e. The maximum absolute atomic E-state index is 13.8. The second-order valence-electron chi connectivity index (χ2n) is 10.1. The summed E-state index contributed by atoms with van der Waals surface area (Å²) in [6.07, 6.45) is 4.61. The molecule has 3 aromatic rings. The Bertz CT molecular complexity index is 1190. The van der Waals surface area contributed by atoms with Crippen molar-refractivity contribution in [3.05, 3.63) is 77.5 Å². The summed E-state index contributed by atoms with van der Waals surface area (Å²) in [6.45, 7) is 9.97. The van der Waals surface area contributed by atoms with Crippen LogP contribution in [0.4, 0.5) is 5.82 Å². The lowest BCUT2D eigenvalue weighted by Gasteiger charge is -2.38. The minimum atomic E-state index is -0.347. The SMILES string of the molecule is CCC(CC)(CC(=O)c1cnn2c1NC(c1ccccc1)CC2(C)C)c1ccc(OC(C)=O)cc1. The summed E-state index contributed by atoms with van der Waals surface area (Å²) < 4.78 is 7.16. The van der Waals surface area contributed by atoms with E-state index in [0.29, 0.717) is 17.7 Å². The van der Waals surface area contributed by atoms with Crippen molar-refractivity contribution in [1.82, 2.24) is 9.78 Å². The van der Waals surface area contributed by atoms with E-state index in [2.05, 4.69) is 50.2 Å². The summed E-state index contributed by atoms with van der Waals surface area (Å²) in [4.78, 5) is 25.1. The van der Waals surface area contributed by atoms with Gasteiger partial charge in [-0.1, -0.05) is 56.3 Å². The monoisotopic (exact) mass is 473 g/mol. The number of hydrogen-bond acceptors (Lipinski definition) is 5. The summed E-state index contributed by atoms with van der Waals surface area (Å²) >= 11 is 0. The zero-order valence-electron chi connectivity index (χ0n) is 21.3. The molecule has 1 aliphatic heterocycles. The highest BCUT2D eigenvalue weighted by molar-refractivity contribution is 6.01. The molecule has 4 rings (SSSR count). The molecule has 35 heavy (non-hydrogen) atoms. The molecular formula is C29H35N3O3. The predicted molar refractivity (Wildman–Crippen MR) is 138 cm³/mol. The van der Waals surface area contributed by atoms with Gasteiger partial charge < -0.3 is 10.1 Å². The van der Waals surface area contributed by atoms with E-state index in [1.165, 1.54) is 12.5 Å². The highest BCUT2D eigenvalue weighted by Gasteiger charge is 2.38. The van der Waals surface area contributed by atoms with Gasteiger partial charge in [0, 0.05) is 18.8 Å². The van der Waals surface area contributed by atoms with Crippen LogP contribution >= 0.6 is 0 Å². The van der Waals surface area contributed by atoms with Crippen molar-refractivity contribution in [3.8, 4) is 5.75 Å². The number of ether oxygens (including phenoxy) is 1. The van der Waals surface area contributed by atoms with Gasteiger partial charge in [0.2, 0.25) is 0 Å². The Kier molecular flexibility index (Phi) is 6.84. The maximum Gasteiger partial charge on any atom is 0.308 e. The van der Waals surface area contributed by atoms with Crippen molar-refractivity contribution in [2.75, 3.05) is 5.32 Å². The van der Waals surface area contributed by atoms with Gasteiger partial charge in [0.25, 0.3) is 0 Å². The highest BCUT2D eigenvalue weighted by atomic mass is 16.5. The van der Waals surface area contributed by atoms with Crippen LogP contribution < -0.4 is 10.1 Å². The van der Waals surface area contributed by atoms with Gasteiger partial charge in [0.15, 0.2) is 5.78 Å². The molecule has 1 aliphatic rings. The molecular weight excluding hydrogens is 438 g/mol. The molecule has 0 bridgehead atoms. The van der Waals surface area contributed by atoms with Crippen LogP contribution in [0.25, 0.3) is 0 Å². The van der Waals surface area contributed by atoms with Gasteiger partial charge in [-0.2, -0.15) is 5.10 Å². The number of anilines is 1. The Balaban J connectivity index is 1.63. The first-order valence-electron chi connectivity index (χ1n) is 12.4. The van der Waals surface area contributed by atoms with Crippen molar-refractivity contribution in [1.29, 1.82) is 0 Å². The molecule has 1 unspecified atom stereocenters. The van der Waals surface area contributed by atoms with Crippen molar-refractivity contribution in [3.63, 3.8) is 0 Å². The largest absolute Gasteiger partial charge is 0.427 e. The summed E-state index contributed by atoms with van der Waals surface area (Å²) in [5, 5.41) is 8.25. The number of carbonyl (C=O) groups excluding carboxylic acids is 2. The van der Waals surface area contributed by atoms with E-state index in [-0.39, 0.29) is 28.7 Å². The molecule has 0 fully saturated rings. The van der Waals surface area contributed by atoms with E-state index in [1.54, 1.807) is 18.3 Å². The lowest BCUT2D eigenvalue weighted by molar-refractivity contribution is -0.131. The molecule has 1 atom stereocenters. The van der Waals surface area contributed by atoms with E-state index in [9.17, 15) is 9.59 Å². The molecule has 0 spiro atoms. The molecule has 0 aliphatic carbocycles. The molecule has 1 N–H and O–H groups in total. The molecule has 6 heteroatoms. The number of ketones is 1. The van der Waals surface area contributed by atoms with Crippen LogP contribution in [-0.2, 0) is 15.7 Å². The quantitative estimate of drug-likeness (QED) is 0.232. The van der Waals surface area contributed by atoms with Gasteiger partial charge in [-0.15, -0.1) is 0 Å². The van der Waals surface area contributed by atoms with E-state index in [0.717, 1.165) is 30.6 Å². The molecule has 0 amide bonds. The Labute approximate surface area is 207 Å². The van der Waals surface area contributed by atoms with Gasteiger partial charge in [-0.05, 0) is 56.4 Å². The molecule has 0 saturated carbocycles. The first-order chi connectivity index (χ1) is 16.7. The minimum Gasteiger partial charge on any atom is -0.427 e. The van der Waals surface area contributed by atoms with Crippen molar-refractivity contribution in [2.24, 2.45) is 0 Å². The summed E-state index contributed by atoms with van der Waals surface area (Å²) in [7, 11) is 0. The van der Waals surface area contributed by atoms with Gasteiger partial charge in [0.05, 0.1) is 23.3 Å². The van der Waals surface area contributed by atoms with Crippen molar-refractivity contribution < 1.29 is 14.3 Å². The number of nitrogens with zero attached hydrogens (tertiary/aromatic N) is 2. The zero-order valence-corrected chi connectivity index (χ0v) is 21.3. The zero-order chi connectivity index (χ0) is 25.2. The van der Waals surface area contributed by atoms with Crippen LogP contribution in [0.5, 0.6) is 5.75 Å². The second kappa shape index (κ2) is 9.68. The second-order valence-corrected chi connectivity index (χ2v) is 10.1. The molecule has 2 aromatic carbocycles. The van der Waals surface area contributed by atoms with Crippen LogP contribution in [0.2, 0.25) is 0 Å². The van der Waals surface area contributed by atoms with Gasteiger partial charge >= 0.3 is 5.97 Å². The number of benzene rings is 2. The highest BCUT2D eigenvalue weighted by Crippen LogP contribution is 2.42. The number of nitrogens with one attached hydrogen (secondary N) is 1. The molecule has 2 heterocycles. The van der Waals surface area contributed by atoms with Gasteiger partial charge in [-0.3, -0.25) is 9.59 Å². The third kappa shape index (κ3) is 4.88. The average Bonchev–Trinajstić information content (AvgIpc) is 3.28. The summed E-state index contributed by atoms with van der Waals surface area (Å²) in [6, 6.07) is 18.0. The molecule has 6 nitrogen and oxygen atoms in total. The fourth-order valence-electron chi connectivity index (χ4n) is 5.29. The number of hydrogen-bond donors (Lipinski definition) is 1. The lowest BCUT2D eigenvalue weighted by atomic mass is 9.71. The Morgan fingerprint density at radius 3 is 2.34 bits per heavy atom. The number of carbonyl (C=O) groups is 2. The van der Waals surface area contributed by atoms with Crippen LogP contribution in [0.3, 0.4) is 0 Å². The number of aromatic nitrogens is 2. The van der Waals surface area contributed by atoms with E-state index in [4.69, 9.17) is 4.74 Å². The first kappa shape index (κ1) is 24.7. The van der Waals surface area contributed by atoms with Crippen molar-refractivity contribution in [2.45, 2.75) is 77.3 Å². The standard InChI is InChI=1S/C29H35N3O3/c1-6-29(7-2,22-13-15-23(16-14-22)35-20(3)33)18-26(34)24-19-30-32-27(24)31-25(17-28(32,4)5)21-11-9-8-10-12-21/h8-16,19,25,31H,6-7,17-18H2,1-5H3. The predicted octanol–water partition coefficient (Wildman–Crippen LogP) is 6.43. The van der Waals surface area contributed by atoms with Crippen LogP contribution in [0, 0.1) is 0 Å². The molecule has 1 aromatic heterocycles. The summed E-state index contributed by atoms with van der Waals surface area (Å²) in [5.74, 6) is 1.04. The summed E-state index contributed by atoms with van der Waals surface area (Å²) in [5.41, 5.74) is 2.38. The van der Waals surface area contributed by atoms with E-state index < -0.39 is 0 Å². The number of rotatable bonds is 8. The Morgan fingerprint density at radius 2 is 1.74 bits per heavy atom. The first-order valence-corrected chi connectivity index (χ1v) is 12.4. The van der Waals surface area contributed by atoms with Gasteiger partial charge in [-0.25, -0.2) is 4.68 Å². The third-order valence-electron chi connectivity index (χ3n) is 7.44. The molecule has 0 saturated heterocycles. The van der Waals surface area contributed by atoms with Crippen molar-refractivity contribution >= 4 is 17.6 Å². The van der Waals surface area contributed by atoms with E-state index in [1.807, 2.05) is 35.0 Å². The minimum absolute atomic E-state index is 0.0797. The lowest BCUT2D eigenvalue weighted by Crippen LogP contribution is -2.38. The Hall–Kier alpha value is -3.41. The molecule has 184 valence electrons. The van der Waals surface area contributed by atoms with Crippen LogP contribution in [-0.4, -0.2) is 21.5 Å². The average molecular weight is 474 g/mol. The number of esters is 1. The topological polar surface area (TPSA) is 73.2 Å². The molecule has 0 radical (unpaired) electrons. The Morgan fingerprint density at radius 1 is 1.09 bits per heavy atom. The third-order valence-corrected chi connectivity index (χ3v) is 7.44.